The summed E-state index contributed by atoms with van der Waals surface area (Å²) in [6.07, 6.45) is 4.48. The van der Waals surface area contributed by atoms with Crippen molar-refractivity contribution in [2.24, 2.45) is 0 Å². The average molecular weight is 294 g/mol. The predicted octanol–water partition coefficient (Wildman–Crippen LogP) is 2.54. The Bertz CT molecular complexity index is 538. The molecule has 6 nitrogen and oxygen atoms in total. The second-order valence-corrected chi connectivity index (χ2v) is 5.15. The molecule has 0 fully saturated rings. The van der Waals surface area contributed by atoms with Crippen molar-refractivity contribution in [2.75, 3.05) is 11.9 Å². The second kappa shape index (κ2) is 7.04. The van der Waals surface area contributed by atoms with Gasteiger partial charge >= 0.3 is 5.97 Å². The largest absolute Gasteiger partial charge is 0.466 e. The minimum absolute atomic E-state index is 0.0639. The van der Waals surface area contributed by atoms with E-state index in [1.54, 1.807) is 19.3 Å². The van der Waals surface area contributed by atoms with Gasteiger partial charge in [-0.1, -0.05) is 0 Å². The summed E-state index contributed by atoms with van der Waals surface area (Å²) in [5, 5.41) is 6.06. The summed E-state index contributed by atoms with van der Waals surface area (Å²) < 4.78 is 4.89. The fourth-order valence-corrected chi connectivity index (χ4v) is 2.55. The lowest BCUT2D eigenvalue weighted by Gasteiger charge is -2.09. The number of anilines is 1. The van der Waals surface area contributed by atoms with E-state index in [1.165, 1.54) is 11.3 Å². The number of rotatable bonds is 7. The number of esters is 1. The topological polar surface area (TPSA) is 79.9 Å². The lowest BCUT2D eigenvalue weighted by molar-refractivity contribution is -0.143. The Morgan fingerprint density at radius 1 is 1.60 bits per heavy atom. The number of aromatic nitrogens is 3. The normalized spacial score (nSPS) is 12.1. The van der Waals surface area contributed by atoms with Gasteiger partial charge in [-0.2, -0.15) is 0 Å². The molecule has 2 N–H and O–H groups in total. The van der Waals surface area contributed by atoms with Gasteiger partial charge in [-0.25, -0.2) is 9.97 Å². The molecule has 0 bridgehead atoms. The molecule has 7 heteroatoms. The molecule has 0 saturated heterocycles. The molecule has 0 aliphatic rings. The van der Waals surface area contributed by atoms with E-state index < -0.39 is 0 Å². The third-order valence-electron chi connectivity index (χ3n) is 2.71. The molecule has 1 unspecified atom stereocenters. The Morgan fingerprint density at radius 3 is 3.15 bits per heavy atom. The van der Waals surface area contributed by atoms with Gasteiger partial charge in [0.25, 0.3) is 0 Å². The number of hydrogen-bond acceptors (Lipinski definition) is 6. The zero-order valence-electron chi connectivity index (χ0n) is 11.5. The van der Waals surface area contributed by atoms with E-state index in [0.29, 0.717) is 19.4 Å². The van der Waals surface area contributed by atoms with Crippen LogP contribution < -0.4 is 5.32 Å². The zero-order valence-corrected chi connectivity index (χ0v) is 12.4. The van der Waals surface area contributed by atoms with Crippen LogP contribution in [0.1, 0.15) is 37.8 Å². The van der Waals surface area contributed by atoms with E-state index in [9.17, 15) is 4.79 Å². The first-order valence-electron chi connectivity index (χ1n) is 6.55. The maximum absolute atomic E-state index is 11.3. The maximum Gasteiger partial charge on any atom is 0.306 e. The highest BCUT2D eigenvalue weighted by Crippen LogP contribution is 2.21. The molecule has 0 spiro atoms. The van der Waals surface area contributed by atoms with Crippen molar-refractivity contribution in [1.29, 1.82) is 0 Å². The second-order valence-electron chi connectivity index (χ2n) is 4.29. The number of aromatic amines is 1. The van der Waals surface area contributed by atoms with E-state index in [-0.39, 0.29) is 12.0 Å². The van der Waals surface area contributed by atoms with Gasteiger partial charge in [0, 0.05) is 24.2 Å². The molecule has 0 amide bonds. The number of nitrogens with zero attached hydrogens (tertiary/aromatic N) is 2. The van der Waals surface area contributed by atoms with E-state index >= 15 is 0 Å². The summed E-state index contributed by atoms with van der Waals surface area (Å²) in [7, 11) is 0. The van der Waals surface area contributed by atoms with Crippen LogP contribution in [-0.4, -0.2) is 27.5 Å². The Labute approximate surface area is 121 Å². The first-order chi connectivity index (χ1) is 9.69. The van der Waals surface area contributed by atoms with Gasteiger partial charge in [0.15, 0.2) is 5.13 Å². The van der Waals surface area contributed by atoms with Crippen LogP contribution in [0.4, 0.5) is 5.13 Å². The Kier molecular flexibility index (Phi) is 5.11. The van der Waals surface area contributed by atoms with E-state index in [1.807, 2.05) is 12.3 Å². The smallest absolute Gasteiger partial charge is 0.306 e. The number of carbonyl (C=O) groups is 1. The SMILES string of the molecule is CCOC(=O)CCc1csc(NC(C)c2ncc[nH]2)n1. The Balaban J connectivity index is 1.84. The van der Waals surface area contributed by atoms with Crippen molar-refractivity contribution in [3.63, 3.8) is 0 Å². The van der Waals surface area contributed by atoms with Gasteiger partial charge in [0.05, 0.1) is 24.8 Å². The molecule has 20 heavy (non-hydrogen) atoms. The number of ether oxygens (including phenoxy) is 1. The molecule has 0 aliphatic carbocycles. The number of imidazole rings is 1. The minimum atomic E-state index is -0.182. The summed E-state index contributed by atoms with van der Waals surface area (Å²) in [4.78, 5) is 23.0. The lowest BCUT2D eigenvalue weighted by atomic mass is 10.2. The molecule has 1 atom stereocenters. The summed E-state index contributed by atoms with van der Waals surface area (Å²) >= 11 is 1.52. The molecule has 0 aliphatic heterocycles. The molecule has 0 aromatic carbocycles. The van der Waals surface area contributed by atoms with Gasteiger partial charge in [0.1, 0.15) is 5.82 Å². The molecular weight excluding hydrogens is 276 g/mol. The van der Waals surface area contributed by atoms with Crippen LogP contribution in [0, 0.1) is 0 Å². The van der Waals surface area contributed by atoms with Crippen LogP contribution in [0.5, 0.6) is 0 Å². The summed E-state index contributed by atoms with van der Waals surface area (Å²) in [5.74, 6) is 0.687. The van der Waals surface area contributed by atoms with Crippen molar-refractivity contribution in [3.05, 3.63) is 29.3 Å². The van der Waals surface area contributed by atoms with Crippen molar-refractivity contribution in [2.45, 2.75) is 32.7 Å². The first-order valence-corrected chi connectivity index (χ1v) is 7.43. The third kappa shape index (κ3) is 4.06. The molecule has 108 valence electrons. The quantitative estimate of drug-likeness (QED) is 0.767. The highest BCUT2D eigenvalue weighted by molar-refractivity contribution is 7.13. The van der Waals surface area contributed by atoms with Crippen molar-refractivity contribution in [3.8, 4) is 0 Å². The summed E-state index contributed by atoms with van der Waals surface area (Å²) in [6, 6.07) is 0.0639. The molecule has 0 saturated carbocycles. The summed E-state index contributed by atoms with van der Waals surface area (Å²) in [5.41, 5.74) is 0.900. The monoisotopic (exact) mass is 294 g/mol. The molecule has 2 aromatic heterocycles. The average Bonchev–Trinajstić information content (AvgIpc) is 3.08. The van der Waals surface area contributed by atoms with Crippen molar-refractivity contribution in [1.82, 2.24) is 15.0 Å². The number of aryl methyl sites for hydroxylation is 1. The number of hydrogen-bond donors (Lipinski definition) is 2. The third-order valence-corrected chi connectivity index (χ3v) is 3.53. The van der Waals surface area contributed by atoms with E-state index in [0.717, 1.165) is 16.6 Å². The van der Waals surface area contributed by atoms with Crippen LogP contribution in [0.25, 0.3) is 0 Å². The Hall–Kier alpha value is -1.89. The van der Waals surface area contributed by atoms with Gasteiger partial charge in [-0.3, -0.25) is 4.79 Å². The standard InChI is InChI=1S/C13H18N4O2S/c1-3-19-11(18)5-4-10-8-20-13(17-10)16-9(2)12-14-6-7-15-12/h6-9H,3-5H2,1-2H3,(H,14,15)(H,16,17). The van der Waals surface area contributed by atoms with E-state index in [4.69, 9.17) is 4.74 Å². The van der Waals surface area contributed by atoms with Crippen molar-refractivity contribution < 1.29 is 9.53 Å². The fraction of sp³-hybridized carbons (Fsp3) is 0.462. The predicted molar refractivity (Wildman–Crippen MR) is 77.7 cm³/mol. The maximum atomic E-state index is 11.3. The molecule has 2 heterocycles. The zero-order chi connectivity index (χ0) is 14.4. The molecule has 2 aromatic rings. The van der Waals surface area contributed by atoms with Crippen molar-refractivity contribution >= 4 is 22.4 Å². The van der Waals surface area contributed by atoms with Crippen LogP contribution in [0.3, 0.4) is 0 Å². The minimum Gasteiger partial charge on any atom is -0.466 e. The highest BCUT2D eigenvalue weighted by Gasteiger charge is 2.11. The van der Waals surface area contributed by atoms with Crippen LogP contribution >= 0.6 is 11.3 Å². The Morgan fingerprint density at radius 2 is 2.45 bits per heavy atom. The first kappa shape index (κ1) is 14.5. The summed E-state index contributed by atoms with van der Waals surface area (Å²) in [6.45, 7) is 4.24. The highest BCUT2D eigenvalue weighted by atomic mass is 32.1. The fourth-order valence-electron chi connectivity index (χ4n) is 1.72. The number of H-pyrrole nitrogens is 1. The number of thiazole rings is 1. The van der Waals surface area contributed by atoms with Crippen LogP contribution in [-0.2, 0) is 16.0 Å². The van der Waals surface area contributed by atoms with Gasteiger partial charge in [-0.15, -0.1) is 11.3 Å². The van der Waals surface area contributed by atoms with Gasteiger partial charge < -0.3 is 15.0 Å². The van der Waals surface area contributed by atoms with Gasteiger partial charge in [-0.05, 0) is 13.8 Å². The molecule has 2 rings (SSSR count). The molecule has 0 radical (unpaired) electrons. The number of nitrogens with one attached hydrogen (secondary N) is 2. The van der Waals surface area contributed by atoms with Gasteiger partial charge in [0.2, 0.25) is 0 Å². The lowest BCUT2D eigenvalue weighted by Crippen LogP contribution is -2.08. The number of carbonyl (C=O) groups excluding carboxylic acids is 1. The van der Waals surface area contributed by atoms with Crippen LogP contribution in [0.2, 0.25) is 0 Å². The van der Waals surface area contributed by atoms with Crippen LogP contribution in [0.15, 0.2) is 17.8 Å². The molecular formula is C13H18N4O2S. The van der Waals surface area contributed by atoms with E-state index in [2.05, 4.69) is 20.3 Å².